The second-order valence-electron chi connectivity index (χ2n) is 6.17. The number of furan rings is 1. The Morgan fingerprint density at radius 3 is 2.74 bits per heavy atom. The fourth-order valence-electron chi connectivity index (χ4n) is 2.81. The maximum Gasteiger partial charge on any atom is 0.258 e. The summed E-state index contributed by atoms with van der Waals surface area (Å²) in [6.45, 7) is 3.72. The van der Waals surface area contributed by atoms with Crippen molar-refractivity contribution in [3.8, 4) is 11.5 Å². The highest BCUT2D eigenvalue weighted by Gasteiger charge is 2.15. The van der Waals surface area contributed by atoms with Gasteiger partial charge in [-0.1, -0.05) is 36.4 Å². The zero-order valence-corrected chi connectivity index (χ0v) is 15.7. The van der Waals surface area contributed by atoms with Crippen LogP contribution in [0.2, 0.25) is 0 Å². The number of para-hydroxylation sites is 1. The van der Waals surface area contributed by atoms with E-state index in [4.69, 9.17) is 13.9 Å². The Hall–Kier alpha value is -3.21. The third-order valence-electron chi connectivity index (χ3n) is 4.15. The molecule has 0 saturated carbocycles. The van der Waals surface area contributed by atoms with Crippen LogP contribution >= 0.6 is 0 Å². The number of rotatable bonds is 7. The maximum atomic E-state index is 12.3. The number of ether oxygens (including phenoxy) is 2. The zero-order chi connectivity index (χ0) is 19.2. The summed E-state index contributed by atoms with van der Waals surface area (Å²) in [7, 11) is 1.57. The predicted octanol–water partition coefficient (Wildman–Crippen LogP) is 4.73. The van der Waals surface area contributed by atoms with Gasteiger partial charge in [-0.25, -0.2) is 0 Å². The molecule has 0 fully saturated rings. The summed E-state index contributed by atoms with van der Waals surface area (Å²) in [6, 6.07) is 15.0. The number of hydrogen-bond acceptors (Lipinski definition) is 4. The molecule has 1 N–H and O–H groups in total. The first kappa shape index (κ1) is 18.6. The minimum absolute atomic E-state index is 0.107. The molecule has 0 saturated heterocycles. The van der Waals surface area contributed by atoms with Gasteiger partial charge in [0.05, 0.1) is 13.2 Å². The zero-order valence-electron chi connectivity index (χ0n) is 15.7. The molecule has 1 atom stereocenters. The van der Waals surface area contributed by atoms with E-state index >= 15 is 0 Å². The molecule has 140 valence electrons. The van der Waals surface area contributed by atoms with Crippen molar-refractivity contribution in [3.63, 3.8) is 0 Å². The quantitative estimate of drug-likeness (QED) is 0.657. The monoisotopic (exact) mass is 365 g/mol. The molecule has 27 heavy (non-hydrogen) atoms. The van der Waals surface area contributed by atoms with Crippen LogP contribution in [0.3, 0.4) is 0 Å². The second-order valence-corrected chi connectivity index (χ2v) is 6.17. The van der Waals surface area contributed by atoms with E-state index in [0.717, 1.165) is 16.5 Å². The van der Waals surface area contributed by atoms with Crippen LogP contribution < -0.4 is 14.8 Å². The molecule has 0 bridgehead atoms. The Bertz CT molecular complexity index is 925. The van der Waals surface area contributed by atoms with E-state index in [1.807, 2.05) is 68.5 Å². The van der Waals surface area contributed by atoms with Gasteiger partial charge in [-0.05, 0) is 43.7 Å². The van der Waals surface area contributed by atoms with Gasteiger partial charge in [0.1, 0.15) is 11.3 Å². The number of carbonyl (C=O) groups is 1. The Labute approximate surface area is 158 Å². The molecule has 0 spiro atoms. The van der Waals surface area contributed by atoms with E-state index in [2.05, 4.69) is 5.32 Å². The minimum Gasteiger partial charge on any atom is -0.493 e. The highest BCUT2D eigenvalue weighted by Crippen LogP contribution is 2.28. The topological polar surface area (TPSA) is 60.7 Å². The summed E-state index contributed by atoms with van der Waals surface area (Å²) >= 11 is 0. The minimum atomic E-state index is -0.257. The summed E-state index contributed by atoms with van der Waals surface area (Å²) in [5.41, 5.74) is 1.81. The van der Waals surface area contributed by atoms with Crippen molar-refractivity contribution in [2.24, 2.45) is 0 Å². The molecule has 2 aromatic carbocycles. The first-order chi connectivity index (χ1) is 13.1. The van der Waals surface area contributed by atoms with Crippen molar-refractivity contribution >= 4 is 23.0 Å². The lowest BCUT2D eigenvalue weighted by molar-refractivity contribution is -0.123. The van der Waals surface area contributed by atoms with E-state index < -0.39 is 0 Å². The average molecular weight is 365 g/mol. The first-order valence-corrected chi connectivity index (χ1v) is 8.82. The molecular weight excluding hydrogens is 342 g/mol. The number of fused-ring (bicyclic) bond motifs is 1. The van der Waals surface area contributed by atoms with E-state index in [9.17, 15) is 4.79 Å². The van der Waals surface area contributed by atoms with Crippen LogP contribution in [-0.2, 0) is 4.79 Å². The average Bonchev–Trinajstić information content (AvgIpc) is 3.11. The SMILES string of the molecule is C/C=C/c1ccc(OCC(=O)NC(C)c2cc3ccccc3o2)c(OC)c1. The Morgan fingerprint density at radius 2 is 2.00 bits per heavy atom. The van der Waals surface area contributed by atoms with Crippen molar-refractivity contribution in [1.82, 2.24) is 5.32 Å². The van der Waals surface area contributed by atoms with Gasteiger partial charge < -0.3 is 19.2 Å². The van der Waals surface area contributed by atoms with Gasteiger partial charge >= 0.3 is 0 Å². The molecule has 0 aliphatic carbocycles. The maximum absolute atomic E-state index is 12.3. The fourth-order valence-corrected chi connectivity index (χ4v) is 2.81. The number of benzene rings is 2. The number of methoxy groups -OCH3 is 1. The van der Waals surface area contributed by atoms with Crippen LogP contribution in [0.1, 0.15) is 31.2 Å². The largest absolute Gasteiger partial charge is 0.493 e. The molecule has 1 unspecified atom stereocenters. The van der Waals surface area contributed by atoms with Crippen LogP contribution in [0, 0.1) is 0 Å². The highest BCUT2D eigenvalue weighted by atomic mass is 16.5. The number of amides is 1. The van der Waals surface area contributed by atoms with Crippen molar-refractivity contribution in [3.05, 3.63) is 65.9 Å². The lowest BCUT2D eigenvalue weighted by Gasteiger charge is -2.14. The standard InChI is InChI=1S/C22H23NO4/c1-4-7-16-10-11-19(21(12-16)25-3)26-14-22(24)23-15(2)20-13-17-8-5-6-9-18(17)27-20/h4-13,15H,14H2,1-3H3,(H,23,24)/b7-4+. The number of allylic oxidation sites excluding steroid dienone is 1. The molecule has 1 amide bonds. The van der Waals surface area contributed by atoms with Gasteiger partial charge in [0.15, 0.2) is 18.1 Å². The number of carbonyl (C=O) groups excluding carboxylic acids is 1. The Morgan fingerprint density at radius 1 is 1.19 bits per heavy atom. The predicted molar refractivity (Wildman–Crippen MR) is 106 cm³/mol. The van der Waals surface area contributed by atoms with Crippen LogP contribution in [0.4, 0.5) is 0 Å². The summed E-state index contributed by atoms with van der Waals surface area (Å²) in [6.07, 6.45) is 3.91. The third-order valence-corrected chi connectivity index (χ3v) is 4.15. The molecule has 5 heteroatoms. The Kier molecular flexibility index (Phi) is 5.81. The molecule has 3 aromatic rings. The molecule has 1 heterocycles. The van der Waals surface area contributed by atoms with Crippen LogP contribution in [0.5, 0.6) is 11.5 Å². The molecule has 0 aliphatic heterocycles. The van der Waals surface area contributed by atoms with Crippen molar-refractivity contribution in [1.29, 1.82) is 0 Å². The van der Waals surface area contributed by atoms with Crippen molar-refractivity contribution < 1.29 is 18.7 Å². The van der Waals surface area contributed by atoms with Gasteiger partial charge in [-0.2, -0.15) is 0 Å². The summed E-state index contributed by atoms with van der Waals surface area (Å²) in [5.74, 6) is 1.58. The molecule has 5 nitrogen and oxygen atoms in total. The third kappa shape index (κ3) is 4.50. The van der Waals surface area contributed by atoms with Crippen LogP contribution in [0.25, 0.3) is 17.0 Å². The van der Waals surface area contributed by atoms with Gasteiger partial charge in [0, 0.05) is 5.39 Å². The van der Waals surface area contributed by atoms with E-state index in [1.54, 1.807) is 13.2 Å². The fraction of sp³-hybridized carbons (Fsp3) is 0.227. The summed E-state index contributed by atoms with van der Waals surface area (Å²) in [4.78, 5) is 12.3. The summed E-state index contributed by atoms with van der Waals surface area (Å²) < 4.78 is 16.8. The van der Waals surface area contributed by atoms with E-state index in [1.165, 1.54) is 0 Å². The van der Waals surface area contributed by atoms with E-state index in [0.29, 0.717) is 17.3 Å². The van der Waals surface area contributed by atoms with Gasteiger partial charge in [0.25, 0.3) is 5.91 Å². The molecular formula is C22H23NO4. The van der Waals surface area contributed by atoms with Gasteiger partial charge in [-0.3, -0.25) is 4.79 Å². The van der Waals surface area contributed by atoms with Crippen molar-refractivity contribution in [2.75, 3.05) is 13.7 Å². The normalized spacial score (nSPS) is 12.3. The van der Waals surface area contributed by atoms with Crippen LogP contribution in [0.15, 0.2) is 59.0 Å². The first-order valence-electron chi connectivity index (χ1n) is 8.82. The second kappa shape index (κ2) is 8.45. The number of hydrogen-bond donors (Lipinski definition) is 1. The molecule has 3 rings (SSSR count). The summed E-state index contributed by atoms with van der Waals surface area (Å²) in [5, 5.41) is 3.90. The smallest absolute Gasteiger partial charge is 0.258 e. The number of nitrogens with one attached hydrogen (secondary N) is 1. The molecule has 0 aliphatic rings. The van der Waals surface area contributed by atoms with Gasteiger partial charge in [-0.15, -0.1) is 0 Å². The van der Waals surface area contributed by atoms with Crippen molar-refractivity contribution in [2.45, 2.75) is 19.9 Å². The molecule has 1 aromatic heterocycles. The lowest BCUT2D eigenvalue weighted by Crippen LogP contribution is -2.31. The highest BCUT2D eigenvalue weighted by molar-refractivity contribution is 5.80. The Balaban J connectivity index is 1.60. The van der Waals surface area contributed by atoms with Gasteiger partial charge in [0.2, 0.25) is 0 Å². The van der Waals surface area contributed by atoms with Crippen LogP contribution in [-0.4, -0.2) is 19.6 Å². The molecule has 0 radical (unpaired) electrons. The van der Waals surface area contributed by atoms with E-state index in [-0.39, 0.29) is 18.6 Å². The lowest BCUT2D eigenvalue weighted by atomic mass is 10.2.